The molecule has 1 heterocycles. The van der Waals surface area contributed by atoms with Crippen LogP contribution < -0.4 is 0 Å². The van der Waals surface area contributed by atoms with E-state index in [9.17, 15) is 4.57 Å². The Bertz CT molecular complexity index is 290. The van der Waals surface area contributed by atoms with Crippen molar-refractivity contribution in [1.29, 1.82) is 0 Å². The molecule has 6 heteroatoms. The molecule has 1 aromatic heterocycles. The van der Waals surface area contributed by atoms with Gasteiger partial charge in [-0.2, -0.15) is 5.10 Å². The normalized spacial score (nSPS) is 11.9. The van der Waals surface area contributed by atoms with E-state index in [1.165, 1.54) is 10.9 Å². The number of hydrogen-bond donors (Lipinski definition) is 0. The molecule has 1 radical (unpaired) electrons. The van der Waals surface area contributed by atoms with Gasteiger partial charge < -0.3 is 9.05 Å². The Morgan fingerprint density at radius 2 is 2.07 bits per heavy atom. The van der Waals surface area contributed by atoms with E-state index in [4.69, 9.17) is 9.05 Å². The Labute approximate surface area is 83.6 Å². The highest BCUT2D eigenvalue weighted by Gasteiger charge is 2.24. The first-order valence-corrected chi connectivity index (χ1v) is 6.19. The summed E-state index contributed by atoms with van der Waals surface area (Å²) in [4.78, 5) is 0. The van der Waals surface area contributed by atoms with E-state index in [2.05, 4.69) is 11.2 Å². The van der Waals surface area contributed by atoms with Gasteiger partial charge in [0.15, 0.2) is 0 Å². The zero-order valence-electron chi connectivity index (χ0n) is 8.34. The fourth-order valence-electron chi connectivity index (χ4n) is 1.03. The van der Waals surface area contributed by atoms with E-state index >= 15 is 0 Å². The lowest BCUT2D eigenvalue weighted by molar-refractivity contribution is 0.213. The van der Waals surface area contributed by atoms with Gasteiger partial charge in [-0.1, -0.05) is 0 Å². The fraction of sp³-hybridized carbons (Fsp3) is 0.625. The van der Waals surface area contributed by atoms with E-state index in [1.54, 1.807) is 20.0 Å². The Morgan fingerprint density at radius 3 is 2.50 bits per heavy atom. The molecule has 1 rings (SSSR count). The molecule has 0 atom stereocenters. The highest BCUT2D eigenvalue weighted by Crippen LogP contribution is 2.49. The second kappa shape index (κ2) is 5.29. The van der Waals surface area contributed by atoms with E-state index in [-0.39, 0.29) is 6.29 Å². The summed E-state index contributed by atoms with van der Waals surface area (Å²) in [6.07, 6.45) is 3.24. The van der Waals surface area contributed by atoms with E-state index in [1.807, 2.05) is 0 Å². The molecule has 0 aromatic carbocycles. The largest absolute Gasteiger partial charge is 0.351 e. The van der Waals surface area contributed by atoms with Gasteiger partial charge in [0.1, 0.15) is 6.29 Å². The van der Waals surface area contributed by atoms with Gasteiger partial charge in [0.05, 0.1) is 19.4 Å². The van der Waals surface area contributed by atoms with Gasteiger partial charge in [-0.3, -0.25) is 9.25 Å². The highest BCUT2D eigenvalue weighted by molar-refractivity contribution is 7.52. The van der Waals surface area contributed by atoms with Crippen molar-refractivity contribution in [3.8, 4) is 0 Å². The molecule has 5 nitrogen and oxygen atoms in total. The summed E-state index contributed by atoms with van der Waals surface area (Å²) in [5.41, 5.74) is 0. The molecule has 0 bridgehead atoms. The predicted octanol–water partition coefficient (Wildman–Crippen LogP) is 1.91. The maximum Gasteiger partial charge on any atom is 0.351 e. The summed E-state index contributed by atoms with van der Waals surface area (Å²) in [7, 11) is -3.03. The molecule has 0 spiro atoms. The lowest BCUT2D eigenvalue weighted by atomic mass is 10.8. The van der Waals surface area contributed by atoms with Crippen molar-refractivity contribution in [2.45, 2.75) is 20.1 Å². The molecule has 0 fully saturated rings. The Morgan fingerprint density at radius 1 is 1.43 bits per heavy atom. The van der Waals surface area contributed by atoms with Gasteiger partial charge in [0.2, 0.25) is 0 Å². The van der Waals surface area contributed by atoms with Crippen molar-refractivity contribution < 1.29 is 13.6 Å². The van der Waals surface area contributed by atoms with Crippen molar-refractivity contribution in [3.05, 3.63) is 18.5 Å². The zero-order valence-corrected chi connectivity index (χ0v) is 9.24. The summed E-state index contributed by atoms with van der Waals surface area (Å²) in [5.74, 6) is 0. The molecular weight excluding hydrogens is 203 g/mol. The molecule has 0 N–H and O–H groups in total. The summed E-state index contributed by atoms with van der Waals surface area (Å²) in [6, 6.07) is 2.76. The third-order valence-electron chi connectivity index (χ3n) is 1.47. The van der Waals surface area contributed by atoms with Crippen LogP contribution in [0.5, 0.6) is 0 Å². The number of rotatable bonds is 6. The van der Waals surface area contributed by atoms with Crippen LogP contribution in [0.4, 0.5) is 0 Å². The molecule has 0 saturated carbocycles. The summed E-state index contributed by atoms with van der Waals surface area (Å²) >= 11 is 0. The third kappa shape index (κ3) is 3.25. The van der Waals surface area contributed by atoms with Crippen LogP contribution in [0.15, 0.2) is 12.4 Å². The van der Waals surface area contributed by atoms with Gasteiger partial charge in [0, 0.05) is 12.3 Å². The van der Waals surface area contributed by atoms with Crippen molar-refractivity contribution in [2.75, 3.05) is 13.2 Å². The minimum absolute atomic E-state index is 0.137. The summed E-state index contributed by atoms with van der Waals surface area (Å²) in [5, 5.41) is 3.89. The maximum atomic E-state index is 12.0. The van der Waals surface area contributed by atoms with Crippen LogP contribution in [0.25, 0.3) is 0 Å². The molecule has 1 aromatic rings. The average Bonchev–Trinajstić information content (AvgIpc) is 2.57. The lowest BCUT2D eigenvalue weighted by Gasteiger charge is -2.16. The van der Waals surface area contributed by atoms with E-state index in [0.29, 0.717) is 13.2 Å². The second-order valence-electron chi connectivity index (χ2n) is 2.57. The van der Waals surface area contributed by atoms with Gasteiger partial charge >= 0.3 is 7.60 Å². The van der Waals surface area contributed by atoms with Crippen molar-refractivity contribution in [2.24, 2.45) is 0 Å². The number of aromatic nitrogens is 2. The van der Waals surface area contributed by atoms with Crippen LogP contribution in [-0.4, -0.2) is 23.0 Å². The smallest absolute Gasteiger partial charge is 0.308 e. The Hall–Kier alpha value is -0.640. The molecule has 0 aliphatic rings. The average molecular weight is 217 g/mol. The molecule has 0 aliphatic heterocycles. The van der Waals surface area contributed by atoms with Crippen LogP contribution in [-0.2, 0) is 19.9 Å². The highest BCUT2D eigenvalue weighted by atomic mass is 31.2. The molecule has 0 aliphatic carbocycles. The maximum absolute atomic E-state index is 12.0. The molecule has 0 saturated heterocycles. The standard InChI is InChI=1S/C8H14N2O3P/c1-3-12-14(11,13-4-2)8-10-7-5-6-9-10/h6-7H,3-4,8H2,1-2H3. The number of hydrogen-bond acceptors (Lipinski definition) is 4. The van der Waals surface area contributed by atoms with Crippen LogP contribution in [0.2, 0.25) is 0 Å². The first-order valence-electron chi connectivity index (χ1n) is 4.47. The van der Waals surface area contributed by atoms with Gasteiger partial charge in [0.25, 0.3) is 0 Å². The third-order valence-corrected chi connectivity index (χ3v) is 3.41. The minimum Gasteiger partial charge on any atom is -0.308 e. The molecule has 0 unspecified atom stereocenters. The van der Waals surface area contributed by atoms with Crippen molar-refractivity contribution in [1.82, 2.24) is 9.78 Å². The van der Waals surface area contributed by atoms with Crippen LogP contribution in [0.1, 0.15) is 13.8 Å². The molecule has 0 amide bonds. The lowest BCUT2D eigenvalue weighted by Crippen LogP contribution is -2.05. The first-order chi connectivity index (χ1) is 6.70. The molecular formula is C8H14N2O3P. The second-order valence-corrected chi connectivity index (χ2v) is 4.59. The molecule has 79 valence electrons. The zero-order chi connectivity index (χ0) is 10.4. The topological polar surface area (TPSA) is 53.4 Å². The van der Waals surface area contributed by atoms with Crippen molar-refractivity contribution in [3.63, 3.8) is 0 Å². The monoisotopic (exact) mass is 217 g/mol. The first kappa shape index (κ1) is 11.4. The fourth-order valence-corrected chi connectivity index (χ4v) is 2.56. The van der Waals surface area contributed by atoms with Crippen LogP contribution >= 0.6 is 7.60 Å². The Balaban J connectivity index is 2.64. The van der Waals surface area contributed by atoms with E-state index in [0.717, 1.165) is 0 Å². The Kier molecular flexibility index (Phi) is 4.32. The van der Waals surface area contributed by atoms with Crippen LogP contribution in [0.3, 0.4) is 0 Å². The predicted molar refractivity (Wildman–Crippen MR) is 51.9 cm³/mol. The summed E-state index contributed by atoms with van der Waals surface area (Å²) < 4.78 is 23.7. The molecule has 14 heavy (non-hydrogen) atoms. The van der Waals surface area contributed by atoms with Crippen LogP contribution in [0, 0.1) is 6.07 Å². The SMILES string of the molecule is CCOP(=O)(Cn1c[c]cn1)OCC. The minimum atomic E-state index is -3.03. The van der Waals surface area contributed by atoms with Gasteiger partial charge in [-0.15, -0.1) is 0 Å². The van der Waals surface area contributed by atoms with Gasteiger partial charge in [-0.05, 0) is 13.8 Å². The summed E-state index contributed by atoms with van der Waals surface area (Å²) in [6.45, 7) is 4.28. The van der Waals surface area contributed by atoms with Crippen molar-refractivity contribution >= 4 is 7.60 Å². The quantitative estimate of drug-likeness (QED) is 0.683. The van der Waals surface area contributed by atoms with E-state index < -0.39 is 7.60 Å². The number of nitrogens with zero attached hydrogens (tertiary/aromatic N) is 2. The van der Waals surface area contributed by atoms with Gasteiger partial charge in [-0.25, -0.2) is 0 Å².